The van der Waals surface area contributed by atoms with Crippen LogP contribution in [0.4, 0.5) is 5.69 Å². The molecule has 1 amide bonds. The summed E-state index contributed by atoms with van der Waals surface area (Å²) in [6, 6.07) is 17.9. The van der Waals surface area contributed by atoms with Crippen LogP contribution in [0.15, 0.2) is 69.5 Å². The molecule has 0 saturated heterocycles. The number of nitrogens with zero attached hydrogens (tertiary/aromatic N) is 2. The molecule has 0 bridgehead atoms. The average molecular weight is 356 g/mol. The second-order valence-corrected chi connectivity index (χ2v) is 7.01. The van der Waals surface area contributed by atoms with Gasteiger partial charge in [0.2, 0.25) is 11.1 Å². The van der Waals surface area contributed by atoms with Crippen molar-refractivity contribution in [1.82, 2.24) is 15.2 Å². The van der Waals surface area contributed by atoms with Gasteiger partial charge in [-0.2, -0.15) is 0 Å². The fraction of sp³-hybridized carbons (Fsp3) is 0.118. The van der Waals surface area contributed by atoms with E-state index < -0.39 is 0 Å². The Bertz CT molecular complexity index is 820. The lowest BCUT2D eigenvalue weighted by Gasteiger charge is -2.10. The third kappa shape index (κ3) is 4.62. The zero-order valence-corrected chi connectivity index (χ0v) is 14.7. The summed E-state index contributed by atoms with van der Waals surface area (Å²) in [4.78, 5) is 18.5. The fourth-order valence-corrected chi connectivity index (χ4v) is 3.54. The van der Waals surface area contributed by atoms with E-state index in [1.165, 1.54) is 11.8 Å². The highest BCUT2D eigenvalue weighted by Gasteiger charge is 2.10. The number of amides is 1. The third-order valence-electron chi connectivity index (χ3n) is 3.04. The lowest BCUT2D eigenvalue weighted by molar-refractivity contribution is -0.113. The summed E-state index contributed by atoms with van der Waals surface area (Å²) in [7, 11) is 0. The molecule has 0 saturated carbocycles. The number of benzene rings is 2. The van der Waals surface area contributed by atoms with Crippen LogP contribution in [0.1, 0.15) is 5.82 Å². The number of hydrogen-bond donors (Lipinski definition) is 2. The number of carbonyl (C=O) groups excluding carboxylic acids is 1. The molecule has 1 heterocycles. The highest BCUT2D eigenvalue weighted by atomic mass is 32.2. The topological polar surface area (TPSA) is 70.7 Å². The molecule has 2 N–H and O–H groups in total. The van der Waals surface area contributed by atoms with Crippen LogP contribution in [0.25, 0.3) is 0 Å². The van der Waals surface area contributed by atoms with E-state index in [1.807, 2.05) is 61.5 Å². The smallest absolute Gasteiger partial charge is 0.234 e. The number of aryl methyl sites for hydroxylation is 1. The van der Waals surface area contributed by atoms with E-state index >= 15 is 0 Å². The molecule has 7 heteroatoms. The van der Waals surface area contributed by atoms with Gasteiger partial charge in [-0.1, -0.05) is 53.9 Å². The molecule has 0 aliphatic rings. The number of aromatic nitrogens is 3. The van der Waals surface area contributed by atoms with Crippen LogP contribution in [0.3, 0.4) is 0 Å². The van der Waals surface area contributed by atoms with Crippen LogP contribution in [-0.4, -0.2) is 26.8 Å². The summed E-state index contributed by atoms with van der Waals surface area (Å²) in [6.45, 7) is 1.83. The molecule has 0 atom stereocenters. The van der Waals surface area contributed by atoms with Gasteiger partial charge in [0.25, 0.3) is 0 Å². The summed E-state index contributed by atoms with van der Waals surface area (Å²) < 4.78 is 0. The zero-order chi connectivity index (χ0) is 16.8. The molecular formula is C17H16N4OS2. The summed E-state index contributed by atoms with van der Waals surface area (Å²) in [5, 5.41) is 10.3. The molecule has 3 aromatic rings. The number of thioether (sulfide) groups is 1. The Morgan fingerprint density at radius 2 is 1.88 bits per heavy atom. The van der Waals surface area contributed by atoms with Crippen LogP contribution in [0.5, 0.6) is 0 Å². The molecule has 0 fully saturated rings. The number of hydrogen-bond acceptors (Lipinski definition) is 5. The van der Waals surface area contributed by atoms with Crippen molar-refractivity contribution < 1.29 is 4.79 Å². The Morgan fingerprint density at radius 3 is 2.62 bits per heavy atom. The van der Waals surface area contributed by atoms with Crippen molar-refractivity contribution in [2.24, 2.45) is 0 Å². The number of nitrogens with one attached hydrogen (secondary N) is 2. The number of aromatic amines is 1. The first-order chi connectivity index (χ1) is 11.7. The van der Waals surface area contributed by atoms with E-state index in [0.717, 1.165) is 21.3 Å². The molecular weight excluding hydrogens is 340 g/mol. The molecule has 0 aliphatic carbocycles. The lowest BCUT2D eigenvalue weighted by Crippen LogP contribution is -2.14. The highest BCUT2D eigenvalue weighted by molar-refractivity contribution is 8.00. The normalized spacial score (nSPS) is 10.5. The lowest BCUT2D eigenvalue weighted by atomic mass is 10.3. The zero-order valence-electron chi connectivity index (χ0n) is 13.0. The first kappa shape index (κ1) is 16.6. The molecule has 0 radical (unpaired) electrons. The van der Waals surface area contributed by atoms with Crippen molar-refractivity contribution in [3.63, 3.8) is 0 Å². The van der Waals surface area contributed by atoms with E-state index in [9.17, 15) is 4.79 Å². The van der Waals surface area contributed by atoms with Gasteiger partial charge in [-0.05, 0) is 31.2 Å². The van der Waals surface area contributed by atoms with Gasteiger partial charge in [0.1, 0.15) is 5.82 Å². The molecule has 2 aromatic carbocycles. The second-order valence-electron chi connectivity index (χ2n) is 4.95. The minimum absolute atomic E-state index is 0.0800. The molecule has 5 nitrogen and oxygen atoms in total. The van der Waals surface area contributed by atoms with Crippen LogP contribution in [-0.2, 0) is 4.79 Å². The van der Waals surface area contributed by atoms with E-state index in [2.05, 4.69) is 20.5 Å². The first-order valence-electron chi connectivity index (χ1n) is 7.34. The second kappa shape index (κ2) is 8.03. The summed E-state index contributed by atoms with van der Waals surface area (Å²) in [5.74, 6) is 0.924. The Balaban J connectivity index is 1.63. The quantitative estimate of drug-likeness (QED) is 0.653. The van der Waals surface area contributed by atoms with Crippen LogP contribution in [0.2, 0.25) is 0 Å². The van der Waals surface area contributed by atoms with Gasteiger partial charge in [-0.3, -0.25) is 9.89 Å². The van der Waals surface area contributed by atoms with Crippen molar-refractivity contribution in [2.45, 2.75) is 21.9 Å². The van der Waals surface area contributed by atoms with Gasteiger partial charge in [0, 0.05) is 9.79 Å². The molecule has 0 spiro atoms. The number of para-hydroxylation sites is 1. The minimum atomic E-state index is -0.0800. The summed E-state index contributed by atoms with van der Waals surface area (Å²) in [6.07, 6.45) is 0. The maximum absolute atomic E-state index is 12.2. The van der Waals surface area contributed by atoms with Crippen LogP contribution in [0, 0.1) is 6.92 Å². The van der Waals surface area contributed by atoms with E-state index in [-0.39, 0.29) is 11.7 Å². The van der Waals surface area contributed by atoms with Gasteiger partial charge in [0.15, 0.2) is 0 Å². The highest BCUT2D eigenvalue weighted by Crippen LogP contribution is 2.33. The predicted molar refractivity (Wildman–Crippen MR) is 97.5 cm³/mol. The number of rotatable bonds is 6. The van der Waals surface area contributed by atoms with Gasteiger partial charge >= 0.3 is 0 Å². The average Bonchev–Trinajstić information content (AvgIpc) is 3.01. The SMILES string of the molecule is Cc1nc(SCC(=O)Nc2ccccc2Sc2ccccc2)n[nH]1. The van der Waals surface area contributed by atoms with Gasteiger partial charge in [-0.15, -0.1) is 5.10 Å². The maximum atomic E-state index is 12.2. The van der Waals surface area contributed by atoms with Crippen molar-refractivity contribution in [3.8, 4) is 0 Å². The molecule has 3 rings (SSSR count). The molecule has 0 unspecified atom stereocenters. The van der Waals surface area contributed by atoms with Crippen molar-refractivity contribution in [1.29, 1.82) is 0 Å². The molecule has 0 aliphatic heterocycles. The van der Waals surface area contributed by atoms with E-state index in [4.69, 9.17) is 0 Å². The maximum Gasteiger partial charge on any atom is 0.234 e. The Hall–Kier alpha value is -2.25. The van der Waals surface area contributed by atoms with Crippen molar-refractivity contribution in [3.05, 3.63) is 60.4 Å². The molecule has 1 aromatic heterocycles. The Labute approximate surface area is 148 Å². The predicted octanol–water partition coefficient (Wildman–Crippen LogP) is 4.00. The van der Waals surface area contributed by atoms with Gasteiger partial charge in [0.05, 0.1) is 11.4 Å². The number of anilines is 1. The molecule has 122 valence electrons. The van der Waals surface area contributed by atoms with Crippen LogP contribution < -0.4 is 5.32 Å². The first-order valence-corrected chi connectivity index (χ1v) is 9.14. The summed E-state index contributed by atoms with van der Waals surface area (Å²) >= 11 is 2.93. The van der Waals surface area contributed by atoms with E-state index in [1.54, 1.807) is 11.8 Å². The van der Waals surface area contributed by atoms with Crippen molar-refractivity contribution in [2.75, 3.05) is 11.1 Å². The fourth-order valence-electron chi connectivity index (χ4n) is 1.98. The van der Waals surface area contributed by atoms with Crippen LogP contribution >= 0.6 is 23.5 Å². The summed E-state index contributed by atoms with van der Waals surface area (Å²) in [5.41, 5.74) is 0.808. The number of carbonyl (C=O) groups is 1. The minimum Gasteiger partial charge on any atom is -0.324 e. The monoisotopic (exact) mass is 356 g/mol. The van der Waals surface area contributed by atoms with Gasteiger partial charge in [-0.25, -0.2) is 4.98 Å². The largest absolute Gasteiger partial charge is 0.324 e. The Kier molecular flexibility index (Phi) is 5.55. The molecule has 24 heavy (non-hydrogen) atoms. The number of H-pyrrole nitrogens is 1. The third-order valence-corrected chi connectivity index (χ3v) is 4.97. The van der Waals surface area contributed by atoms with Gasteiger partial charge < -0.3 is 5.32 Å². The Morgan fingerprint density at radius 1 is 1.12 bits per heavy atom. The standard InChI is InChI=1S/C17H16N4OS2/c1-12-18-17(21-20-12)23-11-16(22)19-14-9-5-6-10-15(14)24-13-7-3-2-4-8-13/h2-10H,11H2,1H3,(H,19,22)(H,18,20,21). The van der Waals surface area contributed by atoms with E-state index in [0.29, 0.717) is 5.16 Å². The van der Waals surface area contributed by atoms with Crippen molar-refractivity contribution >= 4 is 35.1 Å².